The van der Waals surface area contributed by atoms with Gasteiger partial charge in [-0.2, -0.15) is 0 Å². The van der Waals surface area contributed by atoms with Crippen LogP contribution in [-0.4, -0.2) is 16.9 Å². The van der Waals surface area contributed by atoms with Crippen molar-refractivity contribution >= 4 is 0 Å². The van der Waals surface area contributed by atoms with Crippen molar-refractivity contribution in [3.8, 4) is 0 Å². The zero-order valence-electron chi connectivity index (χ0n) is 5.68. The Hall–Kier alpha value is -0.120. The molecule has 0 saturated carbocycles. The summed E-state index contributed by atoms with van der Waals surface area (Å²) in [5, 5.41) is 14.9. The van der Waals surface area contributed by atoms with Crippen LogP contribution in [0.4, 0.5) is 0 Å². The third-order valence-corrected chi connectivity index (χ3v) is 0.474. The van der Waals surface area contributed by atoms with Gasteiger partial charge in [0.15, 0.2) is 0 Å². The topological polar surface area (TPSA) is 66.5 Å². The van der Waals surface area contributed by atoms with E-state index in [0.717, 1.165) is 0 Å². The lowest BCUT2D eigenvalue weighted by Gasteiger charge is -2.11. The van der Waals surface area contributed by atoms with Crippen LogP contribution < -0.4 is 5.90 Å². The highest BCUT2D eigenvalue weighted by molar-refractivity contribution is 4.55. The monoisotopic (exact) mass is 121 g/mol. The zero-order valence-corrected chi connectivity index (χ0v) is 5.68. The quantitative estimate of drug-likeness (QED) is 0.405. The van der Waals surface area contributed by atoms with Gasteiger partial charge in [0.25, 0.3) is 0 Å². The van der Waals surface area contributed by atoms with E-state index >= 15 is 0 Å². The lowest BCUT2D eigenvalue weighted by atomic mass is 9.99. The molecule has 0 heterocycles. The number of hydrogen-bond acceptors (Lipinski definition) is 3. The molecule has 0 atom stereocenters. The number of aliphatic hydroxyl groups excluding tert-OH is 1. The summed E-state index contributed by atoms with van der Waals surface area (Å²) in [4.78, 5) is 0. The first-order chi connectivity index (χ1) is 3.56. The number of hydrogen-bond donors (Lipinski definition) is 3. The molecule has 0 aliphatic carbocycles. The highest BCUT2D eigenvalue weighted by Crippen LogP contribution is 2.09. The maximum absolute atomic E-state index is 8.40. The van der Waals surface area contributed by atoms with Crippen molar-refractivity contribution in [1.29, 1.82) is 0 Å². The molecule has 0 radical (unpaired) electrons. The van der Waals surface area contributed by atoms with Gasteiger partial charge >= 0.3 is 0 Å². The minimum Gasteiger partial charge on any atom is -0.396 e. The van der Waals surface area contributed by atoms with E-state index in [2.05, 4.69) is 5.90 Å². The molecule has 0 amide bonds. The van der Waals surface area contributed by atoms with Gasteiger partial charge in [0.05, 0.1) is 0 Å². The Balaban J connectivity index is 0. The van der Waals surface area contributed by atoms with Crippen LogP contribution in [0, 0.1) is 5.41 Å². The summed E-state index contributed by atoms with van der Waals surface area (Å²) in [6.07, 6.45) is 0. The van der Waals surface area contributed by atoms with Crippen LogP contribution in [0.25, 0.3) is 0 Å². The molecular formula is C5H15NO2. The highest BCUT2D eigenvalue weighted by atomic mass is 16.4. The molecule has 0 aliphatic rings. The Morgan fingerprint density at radius 1 is 1.25 bits per heavy atom. The Kier molecular flexibility index (Phi) is 6.78. The van der Waals surface area contributed by atoms with Crippen LogP contribution >= 0.6 is 0 Å². The molecular weight excluding hydrogens is 106 g/mol. The average Bonchev–Trinajstić information content (AvgIpc) is 1.71. The minimum absolute atomic E-state index is 0.0972. The van der Waals surface area contributed by atoms with Gasteiger partial charge in [0.2, 0.25) is 0 Å². The fraction of sp³-hybridized carbons (Fsp3) is 1.00. The predicted octanol–water partition coefficient (Wildman–Crippen LogP) is 0.359. The molecule has 4 N–H and O–H groups in total. The van der Waals surface area contributed by atoms with Gasteiger partial charge in [-0.25, -0.2) is 5.90 Å². The van der Waals surface area contributed by atoms with Gasteiger partial charge < -0.3 is 10.3 Å². The Morgan fingerprint density at radius 2 is 1.38 bits per heavy atom. The number of rotatable bonds is 0. The van der Waals surface area contributed by atoms with Gasteiger partial charge in [-0.15, -0.1) is 0 Å². The smallest absolute Gasteiger partial charge is 0.0479 e. The summed E-state index contributed by atoms with van der Waals surface area (Å²) in [5.74, 6) is 3.50. The van der Waals surface area contributed by atoms with E-state index in [1.807, 2.05) is 20.8 Å². The Bertz CT molecular complexity index is 40.2. The SMILES string of the molecule is CC(C)(C)CO.NO. The first-order valence-electron chi connectivity index (χ1n) is 2.43. The standard InChI is InChI=1S/C5H12O.H3NO/c1-5(2,3)4-6;1-2/h6H,4H2,1-3H3;2H,1H2. The molecule has 0 aromatic heterocycles. The Labute approximate surface area is 50.1 Å². The third-order valence-electron chi connectivity index (χ3n) is 0.474. The average molecular weight is 121 g/mol. The van der Waals surface area contributed by atoms with Gasteiger partial charge in [-0.1, -0.05) is 20.8 Å². The maximum Gasteiger partial charge on any atom is 0.0479 e. The van der Waals surface area contributed by atoms with E-state index < -0.39 is 0 Å². The molecule has 0 saturated heterocycles. The van der Waals surface area contributed by atoms with Crippen molar-refractivity contribution in [1.82, 2.24) is 0 Å². The molecule has 0 aromatic carbocycles. The minimum atomic E-state index is 0.0972. The van der Waals surface area contributed by atoms with Gasteiger partial charge in [0.1, 0.15) is 0 Å². The van der Waals surface area contributed by atoms with Gasteiger partial charge in [-0.05, 0) is 5.41 Å². The summed E-state index contributed by atoms with van der Waals surface area (Å²) >= 11 is 0. The lowest BCUT2D eigenvalue weighted by molar-refractivity contribution is 0.177. The number of aliphatic hydroxyl groups is 1. The molecule has 8 heavy (non-hydrogen) atoms. The second kappa shape index (κ2) is 5.03. The molecule has 0 spiro atoms. The van der Waals surface area contributed by atoms with Crippen molar-refractivity contribution in [3.05, 3.63) is 0 Å². The zero-order chi connectivity index (χ0) is 7.21. The van der Waals surface area contributed by atoms with Crippen molar-refractivity contribution in [2.75, 3.05) is 6.61 Å². The lowest BCUT2D eigenvalue weighted by Crippen LogP contribution is -2.09. The van der Waals surface area contributed by atoms with E-state index in [-0.39, 0.29) is 12.0 Å². The van der Waals surface area contributed by atoms with E-state index in [1.54, 1.807) is 0 Å². The molecule has 0 rings (SSSR count). The predicted molar refractivity (Wildman–Crippen MR) is 32.5 cm³/mol. The van der Waals surface area contributed by atoms with Gasteiger partial charge in [-0.3, -0.25) is 0 Å². The molecule has 52 valence electrons. The maximum atomic E-state index is 8.40. The van der Waals surface area contributed by atoms with E-state index in [0.29, 0.717) is 0 Å². The van der Waals surface area contributed by atoms with Gasteiger partial charge in [0, 0.05) is 6.61 Å². The van der Waals surface area contributed by atoms with Crippen LogP contribution in [0.5, 0.6) is 0 Å². The van der Waals surface area contributed by atoms with Crippen LogP contribution in [0.3, 0.4) is 0 Å². The second-order valence-electron chi connectivity index (χ2n) is 2.72. The summed E-state index contributed by atoms with van der Waals surface area (Å²) in [6.45, 7) is 6.25. The molecule has 0 unspecified atom stereocenters. The number of nitrogens with two attached hydrogens (primary N) is 1. The summed E-state index contributed by atoms with van der Waals surface area (Å²) in [7, 11) is 0. The van der Waals surface area contributed by atoms with Crippen LogP contribution in [0.1, 0.15) is 20.8 Å². The largest absolute Gasteiger partial charge is 0.396 e. The van der Waals surface area contributed by atoms with Crippen molar-refractivity contribution < 1.29 is 10.3 Å². The van der Waals surface area contributed by atoms with E-state index in [4.69, 9.17) is 10.3 Å². The molecule has 3 nitrogen and oxygen atoms in total. The van der Waals surface area contributed by atoms with Crippen molar-refractivity contribution in [2.24, 2.45) is 11.3 Å². The Morgan fingerprint density at radius 3 is 1.38 bits per heavy atom. The second-order valence-corrected chi connectivity index (χ2v) is 2.72. The normalized spacial score (nSPS) is 9.75. The molecule has 0 aromatic rings. The third kappa shape index (κ3) is 16.9. The molecule has 0 aliphatic heterocycles. The first-order valence-corrected chi connectivity index (χ1v) is 2.43. The molecule has 0 bridgehead atoms. The summed E-state index contributed by atoms with van der Waals surface area (Å²) < 4.78 is 0. The van der Waals surface area contributed by atoms with Crippen molar-refractivity contribution in [2.45, 2.75) is 20.8 Å². The fourth-order valence-electron chi connectivity index (χ4n) is 0. The summed E-state index contributed by atoms with van der Waals surface area (Å²) in [6, 6.07) is 0. The van der Waals surface area contributed by atoms with Crippen molar-refractivity contribution in [3.63, 3.8) is 0 Å². The van der Waals surface area contributed by atoms with E-state index in [9.17, 15) is 0 Å². The fourth-order valence-corrected chi connectivity index (χ4v) is 0. The van der Waals surface area contributed by atoms with Crippen LogP contribution in [-0.2, 0) is 0 Å². The van der Waals surface area contributed by atoms with Crippen LogP contribution in [0.15, 0.2) is 0 Å². The van der Waals surface area contributed by atoms with E-state index in [1.165, 1.54) is 0 Å². The summed E-state index contributed by atoms with van der Waals surface area (Å²) in [5.41, 5.74) is 0.0972. The highest BCUT2D eigenvalue weighted by Gasteiger charge is 2.05. The molecule has 0 fully saturated rings. The van der Waals surface area contributed by atoms with Crippen LogP contribution in [0.2, 0.25) is 0 Å². The first kappa shape index (κ1) is 10.8. The molecule has 3 heteroatoms.